The van der Waals surface area contributed by atoms with E-state index in [1.165, 1.54) is 14.0 Å². The molecule has 0 unspecified atom stereocenters. The number of nitrogens with one attached hydrogen (secondary N) is 2. The van der Waals surface area contributed by atoms with Crippen LogP contribution in [0.1, 0.15) is 36.9 Å². The molecule has 2 aliphatic rings. The number of carbonyl (C=O) groups excluding carboxylic acids is 2. The van der Waals surface area contributed by atoms with Gasteiger partial charge in [0.15, 0.2) is 14.9 Å². The number of nitrogens with zero attached hydrogens (tertiary/aromatic N) is 4. The number of amides is 2. The standard InChI is InChI=1S/C25H26N6O6S/c1-14-22(38(3,36)37)28-23-30(24(34)29(2)25(35)31(14)23)10-4-5-15-11-18(26-20(32)16-6-7-16)13-19(12-15)27-21(33)17-8-9-17/h11-13,16-17H,6-10H2,1-3H3,(H,26,32)(H,27,33). The van der Waals surface area contributed by atoms with E-state index in [-0.39, 0.29) is 46.7 Å². The Morgan fingerprint density at radius 3 is 2.05 bits per heavy atom. The van der Waals surface area contributed by atoms with Crippen molar-refractivity contribution in [2.45, 2.75) is 44.2 Å². The first-order valence-corrected chi connectivity index (χ1v) is 14.0. The summed E-state index contributed by atoms with van der Waals surface area (Å²) in [5.41, 5.74) is 0.134. The van der Waals surface area contributed by atoms with E-state index in [0.29, 0.717) is 16.9 Å². The third-order valence-corrected chi connectivity index (χ3v) is 7.56. The highest BCUT2D eigenvalue weighted by molar-refractivity contribution is 7.90. The lowest BCUT2D eigenvalue weighted by Crippen LogP contribution is -2.42. The number of aromatic nitrogens is 4. The van der Waals surface area contributed by atoms with E-state index < -0.39 is 21.2 Å². The van der Waals surface area contributed by atoms with Gasteiger partial charge in [-0.1, -0.05) is 11.8 Å². The van der Waals surface area contributed by atoms with Crippen molar-refractivity contribution >= 4 is 38.8 Å². The molecule has 0 bridgehead atoms. The van der Waals surface area contributed by atoms with Gasteiger partial charge in [0.05, 0.1) is 12.2 Å². The third kappa shape index (κ3) is 4.99. The van der Waals surface area contributed by atoms with Crippen LogP contribution in [0.25, 0.3) is 5.78 Å². The van der Waals surface area contributed by atoms with Crippen LogP contribution in [-0.2, 0) is 33.0 Å². The highest BCUT2D eigenvalue weighted by Crippen LogP contribution is 2.32. The van der Waals surface area contributed by atoms with Crippen LogP contribution in [0.3, 0.4) is 0 Å². The highest BCUT2D eigenvalue weighted by Gasteiger charge is 2.31. The lowest BCUT2D eigenvalue weighted by atomic mass is 10.1. The average molecular weight is 539 g/mol. The number of imidazole rings is 1. The zero-order chi connectivity index (χ0) is 27.4. The van der Waals surface area contributed by atoms with E-state index in [1.54, 1.807) is 18.2 Å². The van der Waals surface area contributed by atoms with Gasteiger partial charge in [0.25, 0.3) is 0 Å². The quantitative estimate of drug-likeness (QED) is 0.437. The minimum Gasteiger partial charge on any atom is -0.326 e. The van der Waals surface area contributed by atoms with Crippen molar-refractivity contribution in [3.63, 3.8) is 0 Å². The Kier molecular flexibility index (Phi) is 6.22. The fraction of sp³-hybridized carbons (Fsp3) is 0.400. The van der Waals surface area contributed by atoms with Gasteiger partial charge in [-0.3, -0.25) is 14.2 Å². The van der Waals surface area contributed by atoms with Crippen molar-refractivity contribution in [1.29, 1.82) is 0 Å². The summed E-state index contributed by atoms with van der Waals surface area (Å²) in [5.74, 6) is 5.46. The van der Waals surface area contributed by atoms with E-state index in [0.717, 1.165) is 45.5 Å². The van der Waals surface area contributed by atoms with Crippen molar-refractivity contribution in [1.82, 2.24) is 18.5 Å². The minimum atomic E-state index is -3.75. The molecule has 2 N–H and O–H groups in total. The second-order valence-corrected chi connectivity index (χ2v) is 11.7. The van der Waals surface area contributed by atoms with Gasteiger partial charge >= 0.3 is 11.4 Å². The van der Waals surface area contributed by atoms with Gasteiger partial charge < -0.3 is 10.6 Å². The molecule has 2 aliphatic carbocycles. The van der Waals surface area contributed by atoms with Crippen LogP contribution in [0.2, 0.25) is 0 Å². The normalized spacial score (nSPS) is 15.1. The molecule has 38 heavy (non-hydrogen) atoms. The van der Waals surface area contributed by atoms with Crippen LogP contribution in [0, 0.1) is 30.6 Å². The molecule has 0 saturated heterocycles. The van der Waals surface area contributed by atoms with E-state index in [4.69, 9.17) is 0 Å². The summed E-state index contributed by atoms with van der Waals surface area (Å²) in [6.07, 6.45) is 4.34. The molecule has 0 aliphatic heterocycles. The van der Waals surface area contributed by atoms with E-state index in [2.05, 4.69) is 27.5 Å². The average Bonchev–Trinajstić information content (AvgIpc) is 3.75. The molecule has 0 atom stereocenters. The molecule has 13 heteroatoms. The first-order valence-electron chi connectivity index (χ1n) is 12.1. The van der Waals surface area contributed by atoms with Crippen molar-refractivity contribution in [2.75, 3.05) is 16.9 Å². The molecule has 2 aromatic heterocycles. The number of aryl methyl sites for hydroxylation is 1. The van der Waals surface area contributed by atoms with Crippen molar-refractivity contribution in [2.24, 2.45) is 18.9 Å². The molecule has 1 aromatic carbocycles. The number of sulfone groups is 1. The lowest BCUT2D eigenvalue weighted by Gasteiger charge is -2.10. The highest BCUT2D eigenvalue weighted by atomic mass is 32.2. The number of fused-ring (bicyclic) bond motifs is 1. The van der Waals surface area contributed by atoms with Crippen molar-refractivity contribution < 1.29 is 18.0 Å². The van der Waals surface area contributed by atoms with E-state index in [1.807, 2.05) is 0 Å². The number of anilines is 2. The zero-order valence-electron chi connectivity index (χ0n) is 21.1. The molecule has 5 rings (SSSR count). The summed E-state index contributed by atoms with van der Waals surface area (Å²) in [4.78, 5) is 54.2. The van der Waals surface area contributed by atoms with Crippen molar-refractivity contribution in [3.05, 3.63) is 50.4 Å². The Morgan fingerprint density at radius 2 is 1.55 bits per heavy atom. The lowest BCUT2D eigenvalue weighted by molar-refractivity contribution is -0.118. The zero-order valence-corrected chi connectivity index (χ0v) is 21.9. The van der Waals surface area contributed by atoms with Gasteiger partial charge in [-0.05, 0) is 50.8 Å². The minimum absolute atomic E-state index is 0.0110. The summed E-state index contributed by atoms with van der Waals surface area (Å²) in [5, 5.41) is 5.42. The van der Waals surface area contributed by atoms with Crippen LogP contribution in [0.5, 0.6) is 0 Å². The second kappa shape index (κ2) is 9.29. The maximum Gasteiger partial charge on any atom is 0.339 e. The van der Waals surface area contributed by atoms with Crippen LogP contribution in [0.4, 0.5) is 11.4 Å². The van der Waals surface area contributed by atoms with Gasteiger partial charge in [-0.25, -0.2) is 27.0 Å². The number of benzene rings is 1. The Balaban J connectivity index is 1.51. The number of rotatable bonds is 6. The molecule has 2 saturated carbocycles. The Hall–Kier alpha value is -4.18. The summed E-state index contributed by atoms with van der Waals surface area (Å²) in [6.45, 7) is 1.25. The van der Waals surface area contributed by atoms with Gasteiger partial charge in [0.2, 0.25) is 17.6 Å². The van der Waals surface area contributed by atoms with Crippen LogP contribution < -0.4 is 22.0 Å². The number of carbonyl (C=O) groups is 2. The molecule has 3 aromatic rings. The second-order valence-electron chi connectivity index (χ2n) is 9.75. The topological polar surface area (TPSA) is 154 Å². The molecular formula is C25H26N6O6S. The monoisotopic (exact) mass is 538 g/mol. The molecule has 0 radical (unpaired) electrons. The van der Waals surface area contributed by atoms with E-state index >= 15 is 0 Å². The summed E-state index contributed by atoms with van der Waals surface area (Å²) in [6, 6.07) is 5.01. The predicted molar refractivity (Wildman–Crippen MR) is 139 cm³/mol. The number of hydrogen-bond acceptors (Lipinski definition) is 7. The molecule has 2 fully saturated rings. The summed E-state index contributed by atoms with van der Waals surface area (Å²) >= 11 is 0. The third-order valence-electron chi connectivity index (χ3n) is 6.47. The van der Waals surface area contributed by atoms with E-state index in [9.17, 15) is 27.6 Å². The van der Waals surface area contributed by atoms with Gasteiger partial charge in [0.1, 0.15) is 0 Å². The van der Waals surface area contributed by atoms with Crippen LogP contribution >= 0.6 is 0 Å². The van der Waals surface area contributed by atoms with Gasteiger partial charge in [-0.15, -0.1) is 0 Å². The summed E-state index contributed by atoms with van der Waals surface area (Å²) < 4.78 is 27.4. The Labute approximate surface area is 217 Å². The molecule has 0 spiro atoms. The molecular weight excluding hydrogens is 512 g/mol. The fourth-order valence-electron chi connectivity index (χ4n) is 4.11. The first-order chi connectivity index (χ1) is 17.9. The Bertz CT molecular complexity index is 1750. The Morgan fingerprint density at radius 1 is 1.00 bits per heavy atom. The van der Waals surface area contributed by atoms with Crippen LogP contribution in [0.15, 0.2) is 32.8 Å². The van der Waals surface area contributed by atoms with Crippen LogP contribution in [-0.4, -0.2) is 45.0 Å². The van der Waals surface area contributed by atoms with Crippen molar-refractivity contribution in [3.8, 4) is 11.8 Å². The SMILES string of the molecule is Cc1c(S(C)(=O)=O)nc2n(CC#Cc3cc(NC(=O)C4CC4)cc(NC(=O)C4CC4)c3)c(=O)n(C)c(=O)n12. The first kappa shape index (κ1) is 25.5. The molecule has 2 heterocycles. The molecule has 2 amide bonds. The summed E-state index contributed by atoms with van der Waals surface area (Å²) in [7, 11) is -2.47. The maximum atomic E-state index is 12.9. The fourth-order valence-corrected chi connectivity index (χ4v) is 4.99. The maximum absolute atomic E-state index is 12.9. The smallest absolute Gasteiger partial charge is 0.326 e. The molecule has 198 valence electrons. The van der Waals surface area contributed by atoms with Gasteiger partial charge in [0, 0.05) is 42.1 Å². The molecule has 12 nitrogen and oxygen atoms in total. The van der Waals surface area contributed by atoms with Gasteiger partial charge in [-0.2, -0.15) is 4.98 Å². The predicted octanol–water partition coefficient (Wildman–Crippen LogP) is 0.655. The largest absolute Gasteiger partial charge is 0.339 e. The number of hydrogen-bond donors (Lipinski definition) is 2.